The Bertz CT molecular complexity index is 2100. The molecule has 0 fully saturated rings. The Balaban J connectivity index is 1.34. The highest BCUT2D eigenvalue weighted by Gasteiger charge is 2.15. The maximum atomic E-state index is 11.2. The van der Waals surface area contributed by atoms with Crippen LogP contribution >= 0.6 is 0 Å². The number of nitrogens with zero attached hydrogens (tertiary/aromatic N) is 2. The molecule has 6 aromatic carbocycles. The van der Waals surface area contributed by atoms with Gasteiger partial charge in [-0.15, -0.1) is 0 Å². The first-order valence-corrected chi connectivity index (χ1v) is 15.8. The van der Waals surface area contributed by atoms with Gasteiger partial charge in [0.05, 0.1) is 24.2 Å². The van der Waals surface area contributed by atoms with Crippen molar-refractivity contribution in [2.45, 2.75) is 13.8 Å². The largest absolute Gasteiger partial charge is 0.497 e. The fraction of sp³-hybridized carbons (Fsp3) is 0.0698. The molecule has 5 nitrogen and oxygen atoms in total. The zero-order valence-corrected chi connectivity index (χ0v) is 27.2. The SMILES string of the molecule is COc1ccc(/C=C/c2ccc(N(N=C(C)c3ccccc3)c3ccc(/C=C/c4ccc(OC(C)=O)cc4)cc3)c3ccccc23)cc1. The fourth-order valence-corrected chi connectivity index (χ4v) is 5.41. The Morgan fingerprint density at radius 2 is 1.12 bits per heavy atom. The Morgan fingerprint density at radius 1 is 0.583 bits per heavy atom. The van der Waals surface area contributed by atoms with Gasteiger partial charge >= 0.3 is 5.97 Å². The van der Waals surface area contributed by atoms with Gasteiger partial charge in [0.2, 0.25) is 0 Å². The number of hydrogen-bond donors (Lipinski definition) is 0. The molecule has 0 bridgehead atoms. The molecule has 6 rings (SSSR count). The average molecular weight is 629 g/mol. The first kappa shape index (κ1) is 31.8. The molecule has 0 unspecified atom stereocenters. The summed E-state index contributed by atoms with van der Waals surface area (Å²) in [5, 5.41) is 9.46. The van der Waals surface area contributed by atoms with Crippen molar-refractivity contribution in [3.8, 4) is 11.5 Å². The first-order chi connectivity index (χ1) is 23.5. The predicted octanol–water partition coefficient (Wildman–Crippen LogP) is 10.7. The Morgan fingerprint density at radius 3 is 1.73 bits per heavy atom. The fourth-order valence-electron chi connectivity index (χ4n) is 5.41. The van der Waals surface area contributed by atoms with Crippen molar-refractivity contribution in [2.24, 2.45) is 5.10 Å². The van der Waals surface area contributed by atoms with Gasteiger partial charge in [0.15, 0.2) is 0 Å². The van der Waals surface area contributed by atoms with Crippen LogP contribution in [-0.4, -0.2) is 18.8 Å². The summed E-state index contributed by atoms with van der Waals surface area (Å²) >= 11 is 0. The van der Waals surface area contributed by atoms with Crippen LogP contribution in [-0.2, 0) is 4.79 Å². The third kappa shape index (κ3) is 7.77. The standard InChI is InChI=1S/C43H36N2O3/c1-31(36-9-5-4-6-10-36)44-45(38-24-16-33(17-25-38)13-14-34-20-28-40(29-21-34)48-32(2)46)43-30-23-37(41-11-7-8-12-42(41)43)22-15-35-18-26-39(47-3)27-19-35/h4-30H,1-3H3/b14-13+,22-15+,44-31?. The normalized spacial score (nSPS) is 11.7. The van der Waals surface area contributed by atoms with E-state index in [4.69, 9.17) is 14.6 Å². The van der Waals surface area contributed by atoms with Crippen molar-refractivity contribution in [1.82, 2.24) is 0 Å². The summed E-state index contributed by atoms with van der Waals surface area (Å²) < 4.78 is 10.5. The van der Waals surface area contributed by atoms with Gasteiger partial charge < -0.3 is 9.47 Å². The number of ether oxygens (including phenoxy) is 2. The van der Waals surface area contributed by atoms with E-state index in [1.54, 1.807) is 19.2 Å². The number of methoxy groups -OCH3 is 1. The van der Waals surface area contributed by atoms with Crippen LogP contribution in [0, 0.1) is 0 Å². The predicted molar refractivity (Wildman–Crippen MR) is 200 cm³/mol. The molecule has 0 spiro atoms. The smallest absolute Gasteiger partial charge is 0.308 e. The van der Waals surface area contributed by atoms with E-state index in [-0.39, 0.29) is 5.97 Å². The van der Waals surface area contributed by atoms with Crippen molar-refractivity contribution in [3.05, 3.63) is 167 Å². The van der Waals surface area contributed by atoms with Gasteiger partial charge in [0.1, 0.15) is 11.5 Å². The number of anilines is 2. The highest BCUT2D eigenvalue weighted by atomic mass is 16.5. The molecule has 0 aliphatic rings. The first-order valence-electron chi connectivity index (χ1n) is 15.8. The lowest BCUT2D eigenvalue weighted by Gasteiger charge is -2.23. The minimum absolute atomic E-state index is 0.332. The van der Waals surface area contributed by atoms with Gasteiger partial charge in [0, 0.05) is 12.3 Å². The highest BCUT2D eigenvalue weighted by Crippen LogP contribution is 2.36. The van der Waals surface area contributed by atoms with Crippen LogP contribution in [0.2, 0.25) is 0 Å². The van der Waals surface area contributed by atoms with Crippen LogP contribution in [0.25, 0.3) is 35.1 Å². The monoisotopic (exact) mass is 628 g/mol. The second-order valence-corrected chi connectivity index (χ2v) is 11.3. The number of carbonyl (C=O) groups is 1. The van der Waals surface area contributed by atoms with Crippen molar-refractivity contribution in [1.29, 1.82) is 0 Å². The third-order valence-corrected chi connectivity index (χ3v) is 7.92. The Labute approximate surface area is 281 Å². The molecule has 0 saturated carbocycles. The molecule has 0 amide bonds. The summed E-state index contributed by atoms with van der Waals surface area (Å²) in [5.74, 6) is 1.04. The summed E-state index contributed by atoms with van der Waals surface area (Å²) in [4.78, 5) is 11.2. The molecule has 48 heavy (non-hydrogen) atoms. The van der Waals surface area contributed by atoms with Crippen molar-refractivity contribution in [3.63, 3.8) is 0 Å². The summed E-state index contributed by atoms with van der Waals surface area (Å²) in [6, 6.07) is 46.8. The molecule has 0 atom stereocenters. The minimum Gasteiger partial charge on any atom is -0.497 e. The van der Waals surface area contributed by atoms with Gasteiger partial charge in [-0.1, -0.05) is 121 Å². The highest BCUT2D eigenvalue weighted by molar-refractivity contribution is 6.04. The van der Waals surface area contributed by atoms with Crippen LogP contribution in [0.1, 0.15) is 41.7 Å². The number of carbonyl (C=O) groups excluding carboxylic acids is 1. The third-order valence-electron chi connectivity index (χ3n) is 7.92. The summed E-state index contributed by atoms with van der Waals surface area (Å²) in [6.07, 6.45) is 8.37. The summed E-state index contributed by atoms with van der Waals surface area (Å²) in [5.41, 5.74) is 8.17. The van der Waals surface area contributed by atoms with E-state index in [1.165, 1.54) is 6.92 Å². The van der Waals surface area contributed by atoms with Gasteiger partial charge in [0.25, 0.3) is 0 Å². The van der Waals surface area contributed by atoms with Gasteiger partial charge in [-0.3, -0.25) is 4.79 Å². The molecule has 0 radical (unpaired) electrons. The molecule has 0 saturated heterocycles. The Hall–Kier alpha value is -6.20. The van der Waals surface area contributed by atoms with Gasteiger partial charge in [-0.2, -0.15) is 5.10 Å². The van der Waals surface area contributed by atoms with Gasteiger partial charge in [-0.05, 0) is 82.6 Å². The van der Waals surface area contributed by atoms with E-state index in [0.29, 0.717) is 5.75 Å². The molecular formula is C43H36N2O3. The molecule has 0 heterocycles. The lowest BCUT2D eigenvalue weighted by Crippen LogP contribution is -2.13. The van der Waals surface area contributed by atoms with Crippen LogP contribution in [0.15, 0.2) is 145 Å². The maximum Gasteiger partial charge on any atom is 0.308 e. The molecule has 0 aliphatic carbocycles. The quantitative estimate of drug-likeness (QED) is 0.0498. The molecular weight excluding hydrogens is 592 g/mol. The van der Waals surface area contributed by atoms with E-state index in [1.807, 2.05) is 60.5 Å². The van der Waals surface area contributed by atoms with Crippen molar-refractivity contribution >= 4 is 58.1 Å². The van der Waals surface area contributed by atoms with E-state index in [0.717, 1.165) is 61.4 Å². The zero-order valence-electron chi connectivity index (χ0n) is 27.2. The van der Waals surface area contributed by atoms with Crippen molar-refractivity contribution in [2.75, 3.05) is 12.1 Å². The van der Waals surface area contributed by atoms with E-state index in [9.17, 15) is 4.79 Å². The molecule has 0 aliphatic heterocycles. The van der Waals surface area contributed by atoms with Crippen LogP contribution in [0.3, 0.4) is 0 Å². The molecule has 236 valence electrons. The zero-order chi connectivity index (χ0) is 33.3. The number of esters is 1. The molecule has 6 aromatic rings. The topological polar surface area (TPSA) is 51.1 Å². The van der Waals surface area contributed by atoms with E-state index < -0.39 is 0 Å². The number of fused-ring (bicyclic) bond motifs is 1. The van der Waals surface area contributed by atoms with Gasteiger partial charge in [-0.25, -0.2) is 5.01 Å². The average Bonchev–Trinajstić information content (AvgIpc) is 3.13. The summed E-state index contributed by atoms with van der Waals surface area (Å²) in [7, 11) is 1.68. The van der Waals surface area contributed by atoms with Crippen LogP contribution in [0.5, 0.6) is 11.5 Å². The lowest BCUT2D eigenvalue weighted by molar-refractivity contribution is -0.131. The summed E-state index contributed by atoms with van der Waals surface area (Å²) in [6.45, 7) is 3.44. The maximum absolute atomic E-state index is 11.2. The molecule has 5 heteroatoms. The number of hydrazone groups is 1. The second-order valence-electron chi connectivity index (χ2n) is 11.3. The minimum atomic E-state index is -0.332. The van der Waals surface area contributed by atoms with Crippen molar-refractivity contribution < 1.29 is 14.3 Å². The number of rotatable bonds is 10. The number of hydrogen-bond acceptors (Lipinski definition) is 5. The van der Waals surface area contributed by atoms with Crippen LogP contribution < -0.4 is 14.5 Å². The second kappa shape index (κ2) is 14.9. The lowest BCUT2D eigenvalue weighted by atomic mass is 10.0. The van der Waals surface area contributed by atoms with Crippen LogP contribution in [0.4, 0.5) is 11.4 Å². The van der Waals surface area contributed by atoms with E-state index >= 15 is 0 Å². The molecule has 0 aromatic heterocycles. The van der Waals surface area contributed by atoms with E-state index in [2.05, 4.69) is 103 Å². The molecule has 0 N–H and O–H groups in total. The number of benzene rings is 6. The Kier molecular flexibility index (Phi) is 9.88.